The zero-order valence-corrected chi connectivity index (χ0v) is 76.4. The van der Waals surface area contributed by atoms with Crippen molar-refractivity contribution in [3.63, 3.8) is 0 Å². The molecule has 4 fully saturated rings. The number of unbranched alkanes of at least 4 members (excludes halogenated alkanes) is 22. The van der Waals surface area contributed by atoms with Gasteiger partial charge < -0.3 is 90.2 Å². The van der Waals surface area contributed by atoms with Crippen LogP contribution in [0.1, 0.15) is 298 Å². The first-order chi connectivity index (χ1) is 62.4. The molecule has 4 heterocycles. The molecule has 4 saturated heterocycles. The molecular formula is C106H205ClN4O18. The molecule has 0 spiro atoms. The molecule has 0 aromatic carbocycles. The predicted octanol–water partition coefficient (Wildman–Crippen LogP) is 17.7. The number of terminal acetylenes is 1. The van der Waals surface area contributed by atoms with Crippen LogP contribution in [0, 0.1) is 261 Å². The van der Waals surface area contributed by atoms with E-state index in [1.165, 1.54) is 136 Å². The van der Waals surface area contributed by atoms with E-state index < -0.39 is 103 Å². The van der Waals surface area contributed by atoms with Crippen molar-refractivity contribution >= 4 is 35.1 Å². The minimum Gasteiger partial charge on any atom is -0.388 e. The first-order valence-corrected chi connectivity index (χ1v) is 43.5. The number of amides is 3. The summed E-state index contributed by atoms with van der Waals surface area (Å²) in [6.07, 6.45) is 21.0. The van der Waals surface area contributed by atoms with Gasteiger partial charge in [-0.25, -0.2) is 0 Å². The molecule has 22 nitrogen and oxygen atoms in total. The molecule has 4 aliphatic heterocycles. The molecule has 4 aliphatic rings. The molecule has 129 heavy (non-hydrogen) atoms. The number of hydrogen-bond donors (Lipinski definition) is 10. The molecule has 0 bridgehead atoms. The second-order valence-electron chi connectivity index (χ2n) is 29.7. The number of carbonyl (C=O) groups excluding carboxylic acids is 4. The molecule has 23 heteroatoms. The van der Waals surface area contributed by atoms with Crippen LogP contribution in [0.4, 0.5) is 0 Å². The summed E-state index contributed by atoms with van der Waals surface area (Å²) >= 11 is 4.32. The fraction of sp³-hybridized carbons (Fsp3) is 0.547. The van der Waals surface area contributed by atoms with E-state index in [1.54, 1.807) is 27.7 Å². The summed E-state index contributed by atoms with van der Waals surface area (Å²) < 4.78 is 48.0. The maximum Gasteiger partial charge on any atom is 0.297 e. The van der Waals surface area contributed by atoms with Gasteiger partial charge in [-0.15, -0.1) is 6.42 Å². The normalized spacial score (nSPS) is 20.6. The largest absolute Gasteiger partial charge is 0.388 e. The fourth-order valence-corrected chi connectivity index (χ4v) is 12.4. The number of carbonyl (C=O) groups is 4. The van der Waals surface area contributed by atoms with Gasteiger partial charge >= 0.3 is 0 Å². The Hall–Kier alpha value is -11.9. The van der Waals surface area contributed by atoms with Crippen molar-refractivity contribution in [3.05, 3.63) is 0 Å². The predicted molar refractivity (Wildman–Crippen MR) is 589 cm³/mol. The SMILES string of the molecule is C#CC#CC#CC#CC#CC#CC#CC#CC#CC#CC#CC.CC#CC#CC#CC#CC#CC#CC#CC#CC#CC#CC#CC(=O)N[C@@H](COC1OC(CNC(C)=O)C(O)C(O)C1O)[C@@H]1OC(C)(C)O[C@@H]1CCCCCCCCCCCCCC.CCCCCCCCCCCCCC[C@H]1OC(C)(C)O[C@H]1[C@@H](N)COC1OC(CNC(C)=O)C(O)C(O)C1O.O=CCl.[HH].[HH].[HH].[HH].[HH].[HH].[HH].[HH].[HH].[HH].[HH].[HH].[HH].[HH].[HH].[HH].[HH].[HH].[HH].[HH].[HH].[HH].[HH].[HH].[HH].[HH].[HH].[HH].[HH].[HH].[HH].[HH].[HH].[HH].[HH].[HH].[HH].[HH].[HH].[HH].[HH].[HH].[HH]. The third-order valence-corrected chi connectivity index (χ3v) is 18.4. The van der Waals surface area contributed by atoms with Crippen LogP contribution in [0.25, 0.3) is 0 Å². The van der Waals surface area contributed by atoms with Crippen molar-refractivity contribution in [3.8, 4) is 261 Å². The van der Waals surface area contributed by atoms with Gasteiger partial charge in [0.25, 0.3) is 5.91 Å². The number of aliphatic hydroxyl groups excluding tert-OH is 6. The van der Waals surface area contributed by atoms with E-state index in [2.05, 4.69) is 296 Å². The first kappa shape index (κ1) is 115. The number of ether oxygens (including phenoxy) is 8. The van der Waals surface area contributed by atoms with Crippen molar-refractivity contribution in [2.75, 3.05) is 26.3 Å². The molecular weight excluding hydrogens is 1650 g/mol. The average Bonchev–Trinajstić information content (AvgIpc) is 1.63. The quantitative estimate of drug-likeness (QED) is 0.0118. The molecule has 10 unspecified atom stereocenters. The van der Waals surface area contributed by atoms with Crippen LogP contribution in [0.5, 0.6) is 0 Å². The Kier molecular flexibility index (Phi) is 68.0. The number of rotatable bonds is 39. The van der Waals surface area contributed by atoms with Crippen molar-refractivity contribution < 1.29 is 149 Å². The highest BCUT2D eigenvalue weighted by Gasteiger charge is 2.50. The van der Waals surface area contributed by atoms with Crippen LogP contribution in [-0.2, 0) is 57.1 Å². The maximum atomic E-state index is 13.2. The number of halogens is 1. The van der Waals surface area contributed by atoms with E-state index in [4.69, 9.17) is 54.8 Å². The Morgan fingerprint density at radius 2 is 0.659 bits per heavy atom. The Bertz CT molecular complexity index is 5180. The van der Waals surface area contributed by atoms with E-state index in [1.807, 2.05) is 13.8 Å². The van der Waals surface area contributed by atoms with Gasteiger partial charge in [-0.1, -0.05) is 180 Å². The molecule has 0 aromatic rings. The van der Waals surface area contributed by atoms with E-state index in [0.29, 0.717) is 6.42 Å². The van der Waals surface area contributed by atoms with Crippen LogP contribution in [0.15, 0.2) is 0 Å². The van der Waals surface area contributed by atoms with Crippen molar-refractivity contribution in [2.45, 2.75) is 346 Å². The average molecular weight is 1860 g/mol. The van der Waals surface area contributed by atoms with Crippen LogP contribution < -0.4 is 21.7 Å². The summed E-state index contributed by atoms with van der Waals surface area (Å²) in [5.41, 5.74) is 6.45. The van der Waals surface area contributed by atoms with Gasteiger partial charge in [-0.2, -0.15) is 0 Å². The third kappa shape index (κ3) is 59.7. The van der Waals surface area contributed by atoms with Gasteiger partial charge in [0.05, 0.1) is 37.5 Å². The van der Waals surface area contributed by atoms with Gasteiger partial charge in [0.2, 0.25) is 17.6 Å². The van der Waals surface area contributed by atoms with Crippen molar-refractivity contribution in [1.29, 1.82) is 0 Å². The molecule has 3 amide bonds. The second-order valence-corrected chi connectivity index (χ2v) is 29.9. The first-order valence-electron chi connectivity index (χ1n) is 43.1. The summed E-state index contributed by atoms with van der Waals surface area (Å²) in [7, 11) is 0. The monoisotopic (exact) mass is 1860 g/mol. The van der Waals surface area contributed by atoms with E-state index in [9.17, 15) is 45.0 Å². The number of aliphatic hydroxyl groups is 6. The van der Waals surface area contributed by atoms with Crippen LogP contribution in [-0.4, -0.2) is 190 Å². The van der Waals surface area contributed by atoms with Crippen molar-refractivity contribution in [2.24, 2.45) is 5.73 Å². The minimum atomic E-state index is -1.63. The zero-order valence-electron chi connectivity index (χ0n) is 75.6. The standard InChI is InChI=1S/C53H58N2O9.C29H56N2O8.C23H4.CHClO.43H2/c1-6-8-10-12-14-16-18-20-21-22-23-24-25-26-27-28-30-32-34-36-38-40-47(57)55-44(42-61-52-50(60)49(59)48(58)46(62-52)41-54-43(3)56)51-45(63-53(4,5)64-51)39-37-35-33-31-29-19-17-15-13-11-9-7-2;1-5-6-7-8-9-10-11-12-13-14-15-16-17-22-27(39-29(3,4)38-22)21(30)19-36-28-26(35)25(34)24(33)23(37-28)18-31-20(2)32;1-3-5-7-9-11-13-15-17-19-21-23-22-20-18-16-14-12-10-8-6-4-2;2-1-3;;;;;;;;;;;;;;;;;;;;;;;;;;;;;;;;;;;;;;;;;;;/h44-46,48-52,58-60H,7,9,11,13,15,17,19,29,31,33,35,37,39,41-42H2,1-5H3,(H,54,56)(H,55,57);21-28,33-35H,5-19,30H2,1-4H3,(H,31,32);1H,2H3;1H;43*1H/t44-,45+,46?,48?,49?,50?,51-,52?;21-,22+,23?,24?,25?,26?,27-,28?;;;;;;;;;;;;;;;;;;;;;;;;;;;;;;;;;;;;;;;;;;;;;/m00............................................./s1. The summed E-state index contributed by atoms with van der Waals surface area (Å²) in [6, 6.07) is -1.41. The highest BCUT2D eigenvalue weighted by Crippen LogP contribution is 2.36. The molecule has 0 aromatic heterocycles. The lowest BCUT2D eigenvalue weighted by molar-refractivity contribution is -0.297. The third-order valence-electron chi connectivity index (χ3n) is 18.4. The van der Waals surface area contributed by atoms with Gasteiger partial charge in [-0.3, -0.25) is 19.2 Å². The summed E-state index contributed by atoms with van der Waals surface area (Å²) in [4.78, 5) is 44.5. The smallest absolute Gasteiger partial charge is 0.297 e. The summed E-state index contributed by atoms with van der Waals surface area (Å²) in [5.74, 6) is 104. The Labute approximate surface area is 836 Å². The van der Waals surface area contributed by atoms with Gasteiger partial charge in [0, 0.05) is 142 Å². The highest BCUT2D eigenvalue weighted by atomic mass is 35.5. The van der Waals surface area contributed by atoms with E-state index in [-0.39, 0.29) is 117 Å². The molecule has 0 saturated carbocycles. The number of nitrogens with two attached hydrogens (primary N) is 1. The summed E-state index contributed by atoms with van der Waals surface area (Å²) in [5, 5.41) is 70.4. The second kappa shape index (κ2) is 76.2. The van der Waals surface area contributed by atoms with Gasteiger partial charge in [0.1, 0.15) is 61.0 Å². The fourth-order valence-electron chi connectivity index (χ4n) is 12.4. The lowest BCUT2D eigenvalue weighted by Gasteiger charge is -2.41. The van der Waals surface area contributed by atoms with Crippen LogP contribution in [0.3, 0.4) is 0 Å². The molecule has 11 N–H and O–H groups in total. The molecule has 4 rings (SSSR count). The molecule has 0 aliphatic carbocycles. The number of nitrogens with one attached hydrogen (secondary N) is 3. The highest BCUT2D eigenvalue weighted by molar-refractivity contribution is 6.54. The molecule has 16 atom stereocenters. The Morgan fingerprint density at radius 3 is 0.953 bits per heavy atom. The van der Waals surface area contributed by atoms with Crippen LogP contribution >= 0.6 is 11.6 Å². The maximum absolute atomic E-state index is 13.2. The number of hydrogen-bond acceptors (Lipinski definition) is 19. The zero-order chi connectivity index (χ0) is 95.1. The minimum absolute atomic E-state index is 0. The van der Waals surface area contributed by atoms with Crippen molar-refractivity contribution in [1.82, 2.24) is 16.0 Å². The Morgan fingerprint density at radius 1 is 0.395 bits per heavy atom. The van der Waals surface area contributed by atoms with Gasteiger partial charge in [0.15, 0.2) is 24.2 Å². The lowest BCUT2D eigenvalue weighted by Crippen LogP contribution is -2.61. The van der Waals surface area contributed by atoms with Crippen LogP contribution in [0.2, 0.25) is 0 Å². The lowest BCUT2D eigenvalue weighted by atomic mass is 9.98. The van der Waals surface area contributed by atoms with E-state index >= 15 is 0 Å². The van der Waals surface area contributed by atoms with E-state index in [0.717, 1.165) is 38.5 Å². The summed E-state index contributed by atoms with van der Waals surface area (Å²) in [6.45, 7) is 17.4. The Balaban J connectivity index is -0.0000000334. The molecule has 0 radical (unpaired) electrons. The topological polar surface area (TPSA) is 326 Å². The molecule has 764 valence electrons. The van der Waals surface area contributed by atoms with Gasteiger partial charge in [-0.05, 0) is 255 Å².